The van der Waals surface area contributed by atoms with Crippen LogP contribution in [-0.4, -0.2) is 18.9 Å². The van der Waals surface area contributed by atoms with E-state index in [1.54, 1.807) is 30.3 Å². The smallest absolute Gasteiger partial charge is 0.291 e. The molecule has 0 atom stereocenters. The maximum absolute atomic E-state index is 12.5. The van der Waals surface area contributed by atoms with Crippen LogP contribution in [-0.2, 0) is 11.4 Å². The summed E-state index contributed by atoms with van der Waals surface area (Å²) in [5, 5.41) is 5.39. The monoisotopic (exact) mass is 380 g/mol. The standard InChI is InChI=1S/C21H20N2O5/c1-14(24)22-15-8-10-19(26-2)18(12-15)23-21(25)20-11-9-17(28-20)13-27-16-6-4-3-5-7-16/h3-12H,13H2,1-2H3,(H,22,24)(H,23,25). The van der Waals surface area contributed by atoms with Gasteiger partial charge in [-0.3, -0.25) is 9.59 Å². The Hall–Kier alpha value is -3.74. The van der Waals surface area contributed by atoms with Crippen molar-refractivity contribution >= 4 is 23.2 Å². The molecule has 7 heteroatoms. The van der Waals surface area contributed by atoms with E-state index in [0.29, 0.717) is 28.6 Å². The van der Waals surface area contributed by atoms with Gasteiger partial charge in [0.05, 0.1) is 12.8 Å². The third kappa shape index (κ3) is 4.91. The summed E-state index contributed by atoms with van der Waals surface area (Å²) >= 11 is 0. The van der Waals surface area contributed by atoms with Crippen molar-refractivity contribution in [2.24, 2.45) is 0 Å². The average molecular weight is 380 g/mol. The molecule has 28 heavy (non-hydrogen) atoms. The van der Waals surface area contributed by atoms with Crippen molar-refractivity contribution in [1.82, 2.24) is 0 Å². The van der Waals surface area contributed by atoms with Crippen LogP contribution in [0.15, 0.2) is 65.1 Å². The molecule has 7 nitrogen and oxygen atoms in total. The Morgan fingerprint density at radius 1 is 1.00 bits per heavy atom. The molecule has 0 radical (unpaired) electrons. The van der Waals surface area contributed by atoms with Crippen LogP contribution in [0.5, 0.6) is 11.5 Å². The lowest BCUT2D eigenvalue weighted by Gasteiger charge is -2.11. The van der Waals surface area contributed by atoms with E-state index in [1.165, 1.54) is 14.0 Å². The molecule has 2 N–H and O–H groups in total. The van der Waals surface area contributed by atoms with E-state index in [9.17, 15) is 9.59 Å². The van der Waals surface area contributed by atoms with Gasteiger partial charge < -0.3 is 24.5 Å². The number of hydrogen-bond acceptors (Lipinski definition) is 5. The number of carbonyl (C=O) groups excluding carboxylic acids is 2. The number of anilines is 2. The number of furan rings is 1. The van der Waals surface area contributed by atoms with E-state index in [2.05, 4.69) is 10.6 Å². The summed E-state index contributed by atoms with van der Waals surface area (Å²) in [6.07, 6.45) is 0. The molecule has 144 valence electrons. The lowest BCUT2D eigenvalue weighted by Crippen LogP contribution is -2.13. The molecule has 0 unspecified atom stereocenters. The van der Waals surface area contributed by atoms with Gasteiger partial charge in [0, 0.05) is 12.6 Å². The predicted molar refractivity (Wildman–Crippen MR) is 105 cm³/mol. The zero-order chi connectivity index (χ0) is 19.9. The molecule has 2 aromatic carbocycles. The SMILES string of the molecule is COc1ccc(NC(C)=O)cc1NC(=O)c1ccc(COc2ccccc2)o1. The zero-order valence-electron chi connectivity index (χ0n) is 15.5. The van der Waals surface area contributed by atoms with Gasteiger partial charge in [0.25, 0.3) is 5.91 Å². The molecular weight excluding hydrogens is 360 g/mol. The highest BCUT2D eigenvalue weighted by Gasteiger charge is 2.15. The number of para-hydroxylation sites is 1. The number of methoxy groups -OCH3 is 1. The van der Waals surface area contributed by atoms with Gasteiger partial charge >= 0.3 is 0 Å². The Labute approximate surface area is 162 Å². The molecule has 0 saturated heterocycles. The van der Waals surface area contributed by atoms with Gasteiger partial charge in [0.1, 0.15) is 23.9 Å². The second-order valence-electron chi connectivity index (χ2n) is 5.92. The molecule has 0 aliphatic carbocycles. The van der Waals surface area contributed by atoms with Gasteiger partial charge in [-0.15, -0.1) is 0 Å². The number of nitrogens with one attached hydrogen (secondary N) is 2. The molecule has 0 spiro atoms. The molecule has 0 aliphatic heterocycles. The maximum Gasteiger partial charge on any atom is 0.291 e. The first-order valence-corrected chi connectivity index (χ1v) is 8.58. The summed E-state index contributed by atoms with van der Waals surface area (Å²) in [6.45, 7) is 1.61. The average Bonchev–Trinajstić information content (AvgIpc) is 3.16. The molecule has 3 rings (SSSR count). The lowest BCUT2D eigenvalue weighted by atomic mass is 10.2. The van der Waals surface area contributed by atoms with Gasteiger partial charge in [0.2, 0.25) is 5.91 Å². The fourth-order valence-electron chi connectivity index (χ4n) is 2.52. The minimum absolute atomic E-state index is 0.138. The van der Waals surface area contributed by atoms with Crippen molar-refractivity contribution in [1.29, 1.82) is 0 Å². The quantitative estimate of drug-likeness (QED) is 0.645. The van der Waals surface area contributed by atoms with Crippen LogP contribution >= 0.6 is 0 Å². The summed E-state index contributed by atoms with van der Waals surface area (Å²) in [4.78, 5) is 23.7. The summed E-state index contributed by atoms with van der Waals surface area (Å²) in [5.41, 5.74) is 0.956. The van der Waals surface area contributed by atoms with E-state index in [1.807, 2.05) is 30.3 Å². The third-order valence-electron chi connectivity index (χ3n) is 3.78. The topological polar surface area (TPSA) is 89.8 Å². The molecule has 1 heterocycles. The van der Waals surface area contributed by atoms with Crippen LogP contribution in [0, 0.1) is 0 Å². The van der Waals surface area contributed by atoms with Gasteiger partial charge in [-0.25, -0.2) is 0 Å². The summed E-state index contributed by atoms with van der Waals surface area (Å²) in [5.74, 6) is 1.18. The minimum atomic E-state index is -0.441. The zero-order valence-corrected chi connectivity index (χ0v) is 15.5. The number of carbonyl (C=O) groups is 2. The van der Waals surface area contributed by atoms with E-state index in [-0.39, 0.29) is 18.3 Å². The first kappa shape index (κ1) is 19.0. The molecule has 0 aliphatic rings. The Morgan fingerprint density at radius 2 is 1.79 bits per heavy atom. The molecule has 3 aromatic rings. The fraction of sp³-hybridized carbons (Fsp3) is 0.143. The van der Waals surface area contributed by atoms with Crippen molar-refractivity contribution < 1.29 is 23.5 Å². The number of hydrogen-bond donors (Lipinski definition) is 2. The minimum Gasteiger partial charge on any atom is -0.495 e. The van der Waals surface area contributed by atoms with E-state index in [0.717, 1.165) is 0 Å². The summed E-state index contributed by atoms with van der Waals surface area (Å²) in [7, 11) is 1.50. The van der Waals surface area contributed by atoms with Crippen LogP contribution in [0.4, 0.5) is 11.4 Å². The number of ether oxygens (including phenoxy) is 2. The summed E-state index contributed by atoms with van der Waals surface area (Å²) < 4.78 is 16.4. The van der Waals surface area contributed by atoms with Gasteiger partial charge in [0.15, 0.2) is 5.76 Å². The lowest BCUT2D eigenvalue weighted by molar-refractivity contribution is -0.114. The van der Waals surface area contributed by atoms with E-state index >= 15 is 0 Å². The highest BCUT2D eigenvalue weighted by Crippen LogP contribution is 2.28. The van der Waals surface area contributed by atoms with Gasteiger partial charge in [-0.05, 0) is 42.5 Å². The second kappa shape index (κ2) is 8.77. The largest absolute Gasteiger partial charge is 0.495 e. The van der Waals surface area contributed by atoms with Crippen molar-refractivity contribution in [2.45, 2.75) is 13.5 Å². The van der Waals surface area contributed by atoms with Crippen LogP contribution < -0.4 is 20.1 Å². The van der Waals surface area contributed by atoms with Crippen molar-refractivity contribution in [3.8, 4) is 11.5 Å². The van der Waals surface area contributed by atoms with Crippen LogP contribution in [0.2, 0.25) is 0 Å². The Bertz CT molecular complexity index is 966. The fourth-order valence-corrected chi connectivity index (χ4v) is 2.52. The van der Waals surface area contributed by atoms with Crippen molar-refractivity contribution in [3.63, 3.8) is 0 Å². The van der Waals surface area contributed by atoms with Crippen LogP contribution in [0.3, 0.4) is 0 Å². The maximum atomic E-state index is 12.5. The van der Waals surface area contributed by atoms with Crippen LogP contribution in [0.1, 0.15) is 23.2 Å². The number of rotatable bonds is 7. The van der Waals surface area contributed by atoms with Gasteiger partial charge in [-0.2, -0.15) is 0 Å². The first-order valence-electron chi connectivity index (χ1n) is 8.58. The highest BCUT2D eigenvalue weighted by molar-refractivity contribution is 6.03. The third-order valence-corrected chi connectivity index (χ3v) is 3.78. The predicted octanol–water partition coefficient (Wildman–Crippen LogP) is 4.08. The van der Waals surface area contributed by atoms with Crippen molar-refractivity contribution in [3.05, 3.63) is 72.2 Å². The second-order valence-corrected chi connectivity index (χ2v) is 5.92. The van der Waals surface area contributed by atoms with Crippen LogP contribution in [0.25, 0.3) is 0 Å². The van der Waals surface area contributed by atoms with E-state index in [4.69, 9.17) is 13.9 Å². The number of benzene rings is 2. The molecule has 0 saturated carbocycles. The molecule has 0 fully saturated rings. The Balaban J connectivity index is 1.68. The summed E-state index contributed by atoms with van der Waals surface area (Å²) in [6, 6.07) is 17.5. The number of amides is 2. The van der Waals surface area contributed by atoms with Gasteiger partial charge in [-0.1, -0.05) is 18.2 Å². The molecule has 1 aromatic heterocycles. The van der Waals surface area contributed by atoms with Crippen molar-refractivity contribution in [2.75, 3.05) is 17.7 Å². The molecular formula is C21H20N2O5. The molecule has 2 amide bonds. The first-order chi connectivity index (χ1) is 13.5. The normalized spacial score (nSPS) is 10.2. The van der Waals surface area contributed by atoms with E-state index < -0.39 is 5.91 Å². The Morgan fingerprint density at radius 3 is 2.50 bits per heavy atom. The molecule has 0 bridgehead atoms. The highest BCUT2D eigenvalue weighted by atomic mass is 16.5. The Kier molecular flexibility index (Phi) is 5.96.